The minimum atomic E-state index is -3.92. The molecule has 2 aliphatic rings. The Hall–Kier alpha value is -2.69. The van der Waals surface area contributed by atoms with Crippen LogP contribution in [0.25, 0.3) is 0 Å². The summed E-state index contributed by atoms with van der Waals surface area (Å²) in [5, 5.41) is 11.0. The summed E-state index contributed by atoms with van der Waals surface area (Å²) in [5.74, 6) is 0. The Morgan fingerprint density at radius 2 is 1.81 bits per heavy atom. The summed E-state index contributed by atoms with van der Waals surface area (Å²) in [7, 11) is -3.92. The van der Waals surface area contributed by atoms with Gasteiger partial charge in [-0.25, -0.2) is 13.2 Å². The van der Waals surface area contributed by atoms with Crippen molar-refractivity contribution in [1.82, 2.24) is 9.21 Å². The van der Waals surface area contributed by atoms with Crippen LogP contribution in [-0.2, 0) is 21.2 Å². The molecule has 1 unspecified atom stereocenters. The van der Waals surface area contributed by atoms with Crippen LogP contribution in [0.1, 0.15) is 18.4 Å². The molecule has 0 saturated carbocycles. The van der Waals surface area contributed by atoms with Crippen molar-refractivity contribution in [2.45, 2.75) is 36.2 Å². The Morgan fingerprint density at radius 1 is 1.12 bits per heavy atom. The lowest BCUT2D eigenvalue weighted by Crippen LogP contribution is -2.50. The van der Waals surface area contributed by atoms with Gasteiger partial charge in [0.2, 0.25) is 10.0 Å². The minimum Gasteiger partial charge on any atom is -0.447 e. The van der Waals surface area contributed by atoms with Gasteiger partial charge < -0.3 is 4.74 Å². The van der Waals surface area contributed by atoms with E-state index >= 15 is 0 Å². The number of hydrogen-bond acceptors (Lipinski definition) is 6. The van der Waals surface area contributed by atoms with Crippen molar-refractivity contribution in [3.05, 3.63) is 69.2 Å². The van der Waals surface area contributed by atoms with Crippen LogP contribution in [0.5, 0.6) is 0 Å². The molecule has 170 valence electrons. The standard InChI is InChI=1S/C21H22ClN3O6S/c22-19-7-6-18(13-20(19)25(27)28)32(29,30)23-10-8-16(9-11-23)24-17(14-31-21(24)26)12-15-4-2-1-3-5-15/h1-7,13,16-17H,8-12,14H2. The van der Waals surface area contributed by atoms with Crippen molar-refractivity contribution in [1.29, 1.82) is 0 Å². The molecule has 1 atom stereocenters. The molecule has 2 fully saturated rings. The zero-order valence-electron chi connectivity index (χ0n) is 17.1. The van der Waals surface area contributed by atoms with Crippen LogP contribution in [0.2, 0.25) is 5.02 Å². The van der Waals surface area contributed by atoms with Crippen LogP contribution in [0, 0.1) is 10.1 Å². The van der Waals surface area contributed by atoms with Crippen LogP contribution in [-0.4, -0.2) is 60.4 Å². The number of carbonyl (C=O) groups is 1. The Balaban J connectivity index is 1.45. The molecule has 0 radical (unpaired) electrons. The lowest BCUT2D eigenvalue weighted by Gasteiger charge is -2.37. The third-order valence-electron chi connectivity index (χ3n) is 5.89. The number of amides is 1. The molecule has 11 heteroatoms. The lowest BCUT2D eigenvalue weighted by molar-refractivity contribution is -0.384. The first-order chi connectivity index (χ1) is 15.3. The molecule has 2 heterocycles. The normalized spacial score (nSPS) is 20.3. The van der Waals surface area contributed by atoms with Crippen LogP contribution < -0.4 is 0 Å². The molecule has 2 saturated heterocycles. The average molecular weight is 480 g/mol. The van der Waals surface area contributed by atoms with Crippen molar-refractivity contribution in [2.24, 2.45) is 0 Å². The fourth-order valence-corrected chi connectivity index (χ4v) is 5.94. The highest BCUT2D eigenvalue weighted by Crippen LogP contribution is 2.31. The zero-order valence-corrected chi connectivity index (χ0v) is 18.7. The molecule has 0 spiro atoms. The summed E-state index contributed by atoms with van der Waals surface area (Å²) >= 11 is 5.80. The van der Waals surface area contributed by atoms with E-state index in [1.165, 1.54) is 16.4 Å². The molecule has 4 rings (SSSR count). The number of halogens is 1. The Morgan fingerprint density at radius 3 is 2.47 bits per heavy atom. The van der Waals surface area contributed by atoms with Gasteiger partial charge in [-0.15, -0.1) is 0 Å². The molecule has 9 nitrogen and oxygen atoms in total. The second-order valence-electron chi connectivity index (χ2n) is 7.83. The van der Waals surface area contributed by atoms with Gasteiger partial charge in [-0.1, -0.05) is 41.9 Å². The van der Waals surface area contributed by atoms with Crippen molar-refractivity contribution < 1.29 is 22.9 Å². The first-order valence-corrected chi connectivity index (χ1v) is 12.0. The van der Waals surface area contributed by atoms with Gasteiger partial charge in [0.15, 0.2) is 0 Å². The van der Waals surface area contributed by atoms with Gasteiger partial charge in [0.25, 0.3) is 5.69 Å². The van der Waals surface area contributed by atoms with Crippen molar-refractivity contribution in [3.63, 3.8) is 0 Å². The summed E-state index contributed by atoms with van der Waals surface area (Å²) in [5.41, 5.74) is 0.649. The molecule has 2 aromatic rings. The number of nitro benzene ring substituents is 1. The SMILES string of the molecule is O=C1OCC(Cc2ccccc2)N1C1CCN(S(=O)(=O)c2ccc(Cl)c([N+](=O)[O-])c2)CC1. The Kier molecular flexibility index (Phi) is 6.36. The van der Waals surface area contributed by atoms with Gasteiger partial charge in [-0.3, -0.25) is 15.0 Å². The molecule has 0 bridgehead atoms. The van der Waals surface area contributed by atoms with Crippen LogP contribution in [0.4, 0.5) is 10.5 Å². The summed E-state index contributed by atoms with van der Waals surface area (Å²) in [6.07, 6.45) is 1.20. The van der Waals surface area contributed by atoms with E-state index in [-0.39, 0.29) is 41.2 Å². The van der Waals surface area contributed by atoms with Gasteiger partial charge in [0.1, 0.15) is 11.6 Å². The molecule has 0 aromatic heterocycles. The molecule has 0 N–H and O–H groups in total. The van der Waals surface area contributed by atoms with E-state index in [9.17, 15) is 23.3 Å². The molecule has 2 aromatic carbocycles. The Labute approximate surface area is 190 Å². The van der Waals surface area contributed by atoms with E-state index in [1.807, 2.05) is 30.3 Å². The number of hydrogen-bond donors (Lipinski definition) is 0. The number of rotatable bonds is 6. The van der Waals surface area contributed by atoms with Crippen molar-refractivity contribution in [2.75, 3.05) is 19.7 Å². The predicted molar refractivity (Wildman–Crippen MR) is 117 cm³/mol. The maximum atomic E-state index is 13.0. The first-order valence-electron chi connectivity index (χ1n) is 10.2. The minimum absolute atomic E-state index is 0.100. The third kappa shape index (κ3) is 4.43. The second kappa shape index (κ2) is 9.05. The largest absolute Gasteiger partial charge is 0.447 e. The van der Waals surface area contributed by atoms with Crippen molar-refractivity contribution >= 4 is 33.4 Å². The molecule has 0 aliphatic carbocycles. The number of ether oxygens (including phenoxy) is 1. The molecule has 2 aliphatic heterocycles. The van der Waals surface area contributed by atoms with Gasteiger partial charge in [0.05, 0.1) is 15.9 Å². The van der Waals surface area contributed by atoms with E-state index in [0.29, 0.717) is 25.9 Å². The van der Waals surface area contributed by atoms with Gasteiger partial charge in [-0.2, -0.15) is 4.31 Å². The van der Waals surface area contributed by atoms with Gasteiger partial charge >= 0.3 is 6.09 Å². The van der Waals surface area contributed by atoms with E-state index in [4.69, 9.17) is 16.3 Å². The van der Waals surface area contributed by atoms with E-state index in [0.717, 1.165) is 11.6 Å². The molecular formula is C21H22ClN3O6S. The molecule has 32 heavy (non-hydrogen) atoms. The predicted octanol–water partition coefficient (Wildman–Crippen LogP) is 3.46. The van der Waals surface area contributed by atoms with E-state index in [2.05, 4.69) is 0 Å². The fourth-order valence-electron chi connectivity index (χ4n) is 4.26. The highest BCUT2D eigenvalue weighted by molar-refractivity contribution is 7.89. The lowest BCUT2D eigenvalue weighted by atomic mass is 10.00. The second-order valence-corrected chi connectivity index (χ2v) is 10.2. The first kappa shape index (κ1) is 22.5. The van der Waals surface area contributed by atoms with Crippen LogP contribution in [0.15, 0.2) is 53.4 Å². The molecule has 1 amide bonds. The Bertz CT molecular complexity index is 1120. The number of nitro groups is 1. The number of carbonyl (C=O) groups excluding carboxylic acids is 1. The summed E-state index contributed by atoms with van der Waals surface area (Å²) in [4.78, 5) is 24.4. The summed E-state index contributed by atoms with van der Waals surface area (Å²) in [6, 6.07) is 13.1. The highest BCUT2D eigenvalue weighted by atomic mass is 35.5. The highest BCUT2D eigenvalue weighted by Gasteiger charge is 2.41. The van der Waals surface area contributed by atoms with Gasteiger partial charge in [-0.05, 0) is 37.0 Å². The number of sulfonamides is 1. The summed E-state index contributed by atoms with van der Waals surface area (Å²) < 4.78 is 32.6. The van der Waals surface area contributed by atoms with E-state index < -0.39 is 20.6 Å². The zero-order chi connectivity index (χ0) is 22.9. The maximum Gasteiger partial charge on any atom is 0.410 e. The quantitative estimate of drug-likeness (QED) is 0.463. The van der Waals surface area contributed by atoms with Crippen LogP contribution >= 0.6 is 11.6 Å². The van der Waals surface area contributed by atoms with Crippen molar-refractivity contribution in [3.8, 4) is 0 Å². The van der Waals surface area contributed by atoms with Gasteiger partial charge in [0, 0.05) is 25.2 Å². The summed E-state index contributed by atoms with van der Waals surface area (Å²) in [6.45, 7) is 0.706. The molecular weight excluding hydrogens is 458 g/mol. The number of piperidine rings is 1. The number of benzene rings is 2. The topological polar surface area (TPSA) is 110 Å². The van der Waals surface area contributed by atoms with E-state index in [1.54, 1.807) is 4.90 Å². The monoisotopic (exact) mass is 479 g/mol. The average Bonchev–Trinajstić information content (AvgIpc) is 3.14. The smallest absolute Gasteiger partial charge is 0.410 e. The van der Waals surface area contributed by atoms with Crippen LogP contribution in [0.3, 0.4) is 0 Å². The number of nitrogens with zero attached hydrogens (tertiary/aromatic N) is 3. The fraction of sp³-hybridized carbons (Fsp3) is 0.381. The third-order valence-corrected chi connectivity index (χ3v) is 8.10. The maximum absolute atomic E-state index is 13.0. The number of cyclic esters (lactones) is 1.